The van der Waals surface area contributed by atoms with Crippen molar-refractivity contribution in [2.45, 2.75) is 17.9 Å². The largest absolute Gasteiger partial charge is 0.467 e. The van der Waals surface area contributed by atoms with Crippen LogP contribution in [0.3, 0.4) is 0 Å². The zero-order valence-corrected chi connectivity index (χ0v) is 10.6. The van der Waals surface area contributed by atoms with Crippen LogP contribution in [0.1, 0.15) is 17.2 Å². The van der Waals surface area contributed by atoms with E-state index in [4.69, 9.17) is 0 Å². The first-order chi connectivity index (χ1) is 7.77. The van der Waals surface area contributed by atoms with Crippen molar-refractivity contribution in [2.75, 3.05) is 13.4 Å². The topological polar surface area (TPSA) is 80.7 Å². The first-order valence-electron chi connectivity index (χ1n) is 4.84. The molecule has 0 aromatic heterocycles. The lowest BCUT2D eigenvalue weighted by atomic mass is 10.1. The molecule has 1 N–H and O–H groups in total. The van der Waals surface area contributed by atoms with E-state index in [1.54, 1.807) is 6.92 Å². The Hall–Kier alpha value is -1.40. The summed E-state index contributed by atoms with van der Waals surface area (Å²) in [6.45, 7) is 1.60. The fourth-order valence-corrected chi connectivity index (χ4v) is 2.47. The molecule has 0 spiro atoms. The predicted molar refractivity (Wildman–Crippen MR) is 61.3 cm³/mol. The zero-order valence-electron chi connectivity index (χ0n) is 9.80. The van der Waals surface area contributed by atoms with Gasteiger partial charge in [-0.15, -0.1) is 0 Å². The molecule has 0 bridgehead atoms. The Balaban J connectivity index is 3.18. The van der Waals surface area contributed by atoms with Crippen molar-refractivity contribution in [1.82, 2.24) is 0 Å². The number of methoxy groups -OCH3 is 1. The van der Waals surface area contributed by atoms with Gasteiger partial charge in [0.15, 0.2) is 15.9 Å². The van der Waals surface area contributed by atoms with Gasteiger partial charge in [-0.3, -0.25) is 0 Å². The van der Waals surface area contributed by atoms with Gasteiger partial charge in [-0.1, -0.05) is 12.1 Å². The molecule has 0 aliphatic rings. The third-order valence-electron chi connectivity index (χ3n) is 2.34. The maximum atomic E-state index is 11.4. The molecule has 0 radical (unpaired) electrons. The quantitative estimate of drug-likeness (QED) is 0.803. The Kier molecular flexibility index (Phi) is 3.90. The molecule has 0 heterocycles. The van der Waals surface area contributed by atoms with E-state index in [1.807, 2.05) is 0 Å². The molecule has 0 aliphatic carbocycles. The summed E-state index contributed by atoms with van der Waals surface area (Å²) in [5, 5.41) is 9.58. The lowest BCUT2D eigenvalue weighted by Crippen LogP contribution is -2.14. The summed E-state index contributed by atoms with van der Waals surface area (Å²) in [6.07, 6.45) is -0.293. The van der Waals surface area contributed by atoms with Gasteiger partial charge >= 0.3 is 5.97 Å². The number of sulfone groups is 1. The molecule has 1 unspecified atom stereocenters. The van der Waals surface area contributed by atoms with Crippen molar-refractivity contribution in [3.8, 4) is 0 Å². The summed E-state index contributed by atoms with van der Waals surface area (Å²) < 4.78 is 27.1. The van der Waals surface area contributed by atoms with E-state index in [2.05, 4.69) is 4.74 Å². The summed E-state index contributed by atoms with van der Waals surface area (Å²) in [7, 11) is -2.13. The lowest BCUT2D eigenvalue weighted by molar-refractivity contribution is -0.150. The molecule has 6 heteroatoms. The first kappa shape index (κ1) is 13.7. The SMILES string of the molecule is COC(=O)C(O)c1ccc(S(C)(=O)=O)c(C)c1. The molecule has 1 aromatic rings. The summed E-state index contributed by atoms with van der Waals surface area (Å²) >= 11 is 0. The van der Waals surface area contributed by atoms with Gasteiger partial charge in [-0.05, 0) is 24.1 Å². The Morgan fingerprint density at radius 3 is 2.41 bits per heavy atom. The number of hydrogen-bond acceptors (Lipinski definition) is 5. The first-order valence-corrected chi connectivity index (χ1v) is 6.73. The van der Waals surface area contributed by atoms with Gasteiger partial charge < -0.3 is 9.84 Å². The summed E-state index contributed by atoms with van der Waals surface area (Å²) in [6, 6.07) is 4.22. The molecule has 94 valence electrons. The Morgan fingerprint density at radius 1 is 1.41 bits per heavy atom. The highest BCUT2D eigenvalue weighted by molar-refractivity contribution is 7.90. The van der Waals surface area contributed by atoms with Gasteiger partial charge in [-0.25, -0.2) is 13.2 Å². The minimum atomic E-state index is -3.30. The van der Waals surface area contributed by atoms with Crippen LogP contribution in [-0.4, -0.2) is 32.9 Å². The number of aliphatic hydroxyl groups is 1. The molecule has 0 fully saturated rings. The highest BCUT2D eigenvalue weighted by Gasteiger charge is 2.19. The fraction of sp³-hybridized carbons (Fsp3) is 0.364. The molecule has 1 atom stereocenters. The van der Waals surface area contributed by atoms with Crippen LogP contribution in [-0.2, 0) is 19.4 Å². The fourth-order valence-electron chi connectivity index (χ4n) is 1.51. The molecule has 17 heavy (non-hydrogen) atoms. The summed E-state index contributed by atoms with van der Waals surface area (Å²) in [5.74, 6) is -0.781. The molecular formula is C11H14O5S. The van der Waals surface area contributed by atoms with Crippen LogP contribution in [0.4, 0.5) is 0 Å². The van der Waals surface area contributed by atoms with Gasteiger partial charge in [0.1, 0.15) is 0 Å². The van der Waals surface area contributed by atoms with E-state index in [0.717, 1.165) is 6.26 Å². The highest BCUT2D eigenvalue weighted by atomic mass is 32.2. The van der Waals surface area contributed by atoms with E-state index in [9.17, 15) is 18.3 Å². The van der Waals surface area contributed by atoms with E-state index >= 15 is 0 Å². The Bertz CT molecular complexity index is 533. The maximum absolute atomic E-state index is 11.4. The maximum Gasteiger partial charge on any atom is 0.339 e. The number of hydrogen-bond donors (Lipinski definition) is 1. The van der Waals surface area contributed by atoms with Gasteiger partial charge in [0.25, 0.3) is 0 Å². The van der Waals surface area contributed by atoms with Crippen LogP contribution >= 0.6 is 0 Å². The summed E-state index contributed by atoms with van der Waals surface area (Å²) in [5.41, 5.74) is 0.787. The second-order valence-corrected chi connectivity index (χ2v) is 5.71. The van der Waals surface area contributed by atoms with Gasteiger partial charge in [0.05, 0.1) is 12.0 Å². The third-order valence-corrected chi connectivity index (χ3v) is 3.60. The Labute approximate surface area is 100.0 Å². The average molecular weight is 258 g/mol. The molecule has 5 nitrogen and oxygen atoms in total. The molecule has 0 aliphatic heterocycles. The highest BCUT2D eigenvalue weighted by Crippen LogP contribution is 2.21. The minimum Gasteiger partial charge on any atom is -0.467 e. The van der Waals surface area contributed by atoms with E-state index in [0.29, 0.717) is 11.1 Å². The smallest absolute Gasteiger partial charge is 0.339 e. The molecule has 1 rings (SSSR count). The average Bonchev–Trinajstić information content (AvgIpc) is 2.25. The van der Waals surface area contributed by atoms with Crippen LogP contribution in [0.2, 0.25) is 0 Å². The number of rotatable bonds is 3. The molecule has 1 aromatic carbocycles. The number of aliphatic hydroxyl groups excluding tert-OH is 1. The second kappa shape index (κ2) is 4.85. The predicted octanol–water partition coefficient (Wildman–Crippen LogP) is 0.605. The number of esters is 1. The zero-order chi connectivity index (χ0) is 13.2. The molecular weight excluding hydrogens is 244 g/mol. The van der Waals surface area contributed by atoms with Crippen LogP contribution in [0.5, 0.6) is 0 Å². The van der Waals surface area contributed by atoms with Gasteiger partial charge in [0.2, 0.25) is 0 Å². The number of ether oxygens (including phenoxy) is 1. The normalized spacial score (nSPS) is 13.2. The van der Waals surface area contributed by atoms with Crippen LogP contribution in [0.15, 0.2) is 23.1 Å². The number of benzene rings is 1. The van der Waals surface area contributed by atoms with Crippen molar-refractivity contribution in [3.05, 3.63) is 29.3 Å². The molecule has 0 saturated heterocycles. The minimum absolute atomic E-state index is 0.179. The second-order valence-electron chi connectivity index (χ2n) is 3.72. The standard InChI is InChI=1S/C11H14O5S/c1-7-6-8(10(12)11(13)16-2)4-5-9(7)17(3,14)15/h4-6,10,12H,1-3H3. The molecule has 0 saturated carbocycles. The third kappa shape index (κ3) is 3.04. The number of carbonyl (C=O) groups excluding carboxylic acids is 1. The van der Waals surface area contributed by atoms with Crippen molar-refractivity contribution < 1.29 is 23.1 Å². The monoisotopic (exact) mass is 258 g/mol. The van der Waals surface area contributed by atoms with Gasteiger partial charge in [0, 0.05) is 6.26 Å². The van der Waals surface area contributed by atoms with Crippen molar-refractivity contribution >= 4 is 15.8 Å². The van der Waals surface area contributed by atoms with E-state index < -0.39 is 21.9 Å². The van der Waals surface area contributed by atoms with Crippen molar-refractivity contribution in [1.29, 1.82) is 0 Å². The van der Waals surface area contributed by atoms with Crippen molar-refractivity contribution in [2.24, 2.45) is 0 Å². The van der Waals surface area contributed by atoms with Crippen LogP contribution in [0.25, 0.3) is 0 Å². The Morgan fingerprint density at radius 2 is 2.00 bits per heavy atom. The van der Waals surface area contributed by atoms with E-state index in [-0.39, 0.29) is 4.90 Å². The van der Waals surface area contributed by atoms with Crippen LogP contribution in [0, 0.1) is 6.92 Å². The number of aryl methyl sites for hydroxylation is 1. The van der Waals surface area contributed by atoms with E-state index in [1.165, 1.54) is 25.3 Å². The lowest BCUT2D eigenvalue weighted by Gasteiger charge is -2.11. The van der Waals surface area contributed by atoms with Crippen LogP contribution < -0.4 is 0 Å². The molecule has 0 amide bonds. The van der Waals surface area contributed by atoms with Crippen molar-refractivity contribution in [3.63, 3.8) is 0 Å². The summed E-state index contributed by atoms with van der Waals surface area (Å²) in [4.78, 5) is 11.3. The number of carbonyl (C=O) groups is 1. The van der Waals surface area contributed by atoms with Gasteiger partial charge in [-0.2, -0.15) is 0 Å².